The lowest BCUT2D eigenvalue weighted by Crippen LogP contribution is -2.57. The van der Waals surface area contributed by atoms with Crippen LogP contribution in [-0.2, 0) is 9.53 Å². The van der Waals surface area contributed by atoms with Gasteiger partial charge in [-0.15, -0.1) is 12.4 Å². The van der Waals surface area contributed by atoms with Crippen LogP contribution in [0.3, 0.4) is 0 Å². The van der Waals surface area contributed by atoms with Crippen molar-refractivity contribution >= 4 is 18.3 Å². The highest BCUT2D eigenvalue weighted by Gasteiger charge is 2.44. The van der Waals surface area contributed by atoms with Crippen LogP contribution in [0.25, 0.3) is 0 Å². The molecule has 1 amide bonds. The van der Waals surface area contributed by atoms with Gasteiger partial charge in [-0.25, -0.2) is 0 Å². The molecule has 4 nitrogen and oxygen atoms in total. The normalized spacial score (nSPS) is 26.5. The Balaban J connectivity index is 0.00000208. The number of amides is 1. The Labute approximate surface area is 151 Å². The fourth-order valence-electron chi connectivity index (χ4n) is 4.15. The lowest BCUT2D eigenvalue weighted by atomic mass is 9.80. The van der Waals surface area contributed by atoms with Crippen molar-refractivity contribution in [3.8, 4) is 0 Å². The number of benzene rings is 1. The molecule has 2 heterocycles. The first-order chi connectivity index (χ1) is 11.2. The van der Waals surface area contributed by atoms with Crippen molar-refractivity contribution in [1.29, 1.82) is 0 Å². The monoisotopic (exact) mass is 352 g/mol. The van der Waals surface area contributed by atoms with E-state index >= 15 is 0 Å². The second-order valence-corrected chi connectivity index (χ2v) is 6.98. The van der Waals surface area contributed by atoms with E-state index in [0.29, 0.717) is 11.8 Å². The molecule has 2 unspecified atom stereocenters. The van der Waals surface area contributed by atoms with Gasteiger partial charge in [0, 0.05) is 20.2 Å². The number of hydrogen-bond donors (Lipinski definition) is 1. The zero-order chi connectivity index (χ0) is 16.3. The highest BCUT2D eigenvalue weighted by atomic mass is 35.5. The SMILES string of the molecule is COC1(C(=O)N2CCC(c3ccccc3)C(C)C2)CCNCC1.Cl. The summed E-state index contributed by atoms with van der Waals surface area (Å²) in [4.78, 5) is 15.1. The van der Waals surface area contributed by atoms with Gasteiger partial charge in [-0.2, -0.15) is 0 Å². The number of halogens is 1. The van der Waals surface area contributed by atoms with E-state index in [0.717, 1.165) is 45.4 Å². The van der Waals surface area contributed by atoms with Crippen LogP contribution < -0.4 is 5.32 Å². The molecule has 0 saturated carbocycles. The summed E-state index contributed by atoms with van der Waals surface area (Å²) < 4.78 is 5.71. The van der Waals surface area contributed by atoms with Gasteiger partial charge in [0.2, 0.25) is 0 Å². The first-order valence-corrected chi connectivity index (χ1v) is 8.76. The third kappa shape index (κ3) is 3.76. The summed E-state index contributed by atoms with van der Waals surface area (Å²) in [6, 6.07) is 10.7. The molecule has 5 heteroatoms. The summed E-state index contributed by atoms with van der Waals surface area (Å²) in [5, 5.41) is 3.32. The fraction of sp³-hybridized carbons (Fsp3) is 0.632. The molecular formula is C19H29ClN2O2. The van der Waals surface area contributed by atoms with Gasteiger partial charge in [0.15, 0.2) is 0 Å². The Morgan fingerprint density at radius 3 is 2.50 bits per heavy atom. The van der Waals surface area contributed by atoms with E-state index in [1.165, 1.54) is 5.56 Å². The van der Waals surface area contributed by atoms with Crippen molar-refractivity contribution in [3.63, 3.8) is 0 Å². The van der Waals surface area contributed by atoms with Crippen molar-refractivity contribution in [2.45, 2.75) is 37.7 Å². The minimum absolute atomic E-state index is 0. The number of carbonyl (C=O) groups excluding carboxylic acids is 1. The van der Waals surface area contributed by atoms with E-state index in [2.05, 4.69) is 42.6 Å². The van der Waals surface area contributed by atoms with E-state index in [1.54, 1.807) is 7.11 Å². The van der Waals surface area contributed by atoms with E-state index < -0.39 is 5.60 Å². The number of ether oxygens (including phenoxy) is 1. The van der Waals surface area contributed by atoms with Gasteiger partial charge < -0.3 is 15.0 Å². The van der Waals surface area contributed by atoms with Crippen LogP contribution in [0.2, 0.25) is 0 Å². The molecule has 0 spiro atoms. The molecule has 1 aromatic carbocycles. The Hall–Kier alpha value is -1.10. The minimum Gasteiger partial charge on any atom is -0.368 e. The van der Waals surface area contributed by atoms with Gasteiger partial charge in [0.05, 0.1) is 0 Å². The van der Waals surface area contributed by atoms with Crippen LogP contribution in [0, 0.1) is 5.92 Å². The second-order valence-electron chi connectivity index (χ2n) is 6.98. The highest BCUT2D eigenvalue weighted by Crippen LogP contribution is 2.35. The van der Waals surface area contributed by atoms with Gasteiger partial charge in [0.1, 0.15) is 5.60 Å². The molecule has 2 saturated heterocycles. The molecule has 0 radical (unpaired) electrons. The summed E-state index contributed by atoms with van der Waals surface area (Å²) >= 11 is 0. The molecule has 0 bridgehead atoms. The molecule has 1 N–H and O–H groups in total. The largest absolute Gasteiger partial charge is 0.368 e. The molecule has 2 aliphatic heterocycles. The number of nitrogens with zero attached hydrogens (tertiary/aromatic N) is 1. The maximum absolute atomic E-state index is 13.1. The third-order valence-electron chi connectivity index (χ3n) is 5.61. The molecular weight excluding hydrogens is 324 g/mol. The Morgan fingerprint density at radius 1 is 1.25 bits per heavy atom. The van der Waals surface area contributed by atoms with Gasteiger partial charge in [-0.1, -0.05) is 37.3 Å². The standard InChI is InChI=1S/C19H28N2O2.ClH/c1-15-14-21(13-8-17(15)16-6-4-3-5-7-16)18(22)19(23-2)9-11-20-12-10-19;/h3-7,15,17,20H,8-14H2,1-2H3;1H. The molecule has 2 aliphatic rings. The number of rotatable bonds is 3. The molecule has 2 fully saturated rings. The summed E-state index contributed by atoms with van der Waals surface area (Å²) in [5.41, 5.74) is 0.792. The van der Waals surface area contributed by atoms with Crippen LogP contribution in [0.1, 0.15) is 37.7 Å². The number of likely N-dealkylation sites (tertiary alicyclic amines) is 1. The molecule has 24 heavy (non-hydrogen) atoms. The van der Waals surface area contributed by atoms with Crippen molar-refractivity contribution < 1.29 is 9.53 Å². The Bertz CT molecular complexity index is 531. The fourth-order valence-corrected chi connectivity index (χ4v) is 4.15. The van der Waals surface area contributed by atoms with E-state index in [9.17, 15) is 4.79 Å². The van der Waals surface area contributed by atoms with Crippen LogP contribution in [0.5, 0.6) is 0 Å². The highest BCUT2D eigenvalue weighted by molar-refractivity contribution is 5.86. The zero-order valence-electron chi connectivity index (χ0n) is 14.7. The quantitative estimate of drug-likeness (QED) is 0.909. The Kier molecular flexibility index (Phi) is 6.67. The number of piperidine rings is 2. The number of hydrogen-bond acceptors (Lipinski definition) is 3. The first kappa shape index (κ1) is 19.2. The molecule has 1 aromatic rings. The predicted molar refractivity (Wildman–Crippen MR) is 98.6 cm³/mol. The lowest BCUT2D eigenvalue weighted by molar-refractivity contribution is -0.160. The minimum atomic E-state index is -0.607. The summed E-state index contributed by atoms with van der Waals surface area (Å²) in [7, 11) is 1.68. The maximum Gasteiger partial charge on any atom is 0.254 e. The predicted octanol–water partition coefficient (Wildman–Crippen LogP) is 2.83. The molecule has 0 aromatic heterocycles. The van der Waals surface area contributed by atoms with Crippen molar-refractivity contribution in [2.24, 2.45) is 5.92 Å². The summed E-state index contributed by atoms with van der Waals surface area (Å²) in [5.74, 6) is 1.22. The van der Waals surface area contributed by atoms with Crippen LogP contribution in [-0.4, -0.2) is 49.7 Å². The molecule has 2 atom stereocenters. The molecule has 134 valence electrons. The average molecular weight is 353 g/mol. The van der Waals surface area contributed by atoms with Crippen molar-refractivity contribution in [1.82, 2.24) is 10.2 Å². The average Bonchev–Trinajstić information content (AvgIpc) is 2.62. The smallest absolute Gasteiger partial charge is 0.254 e. The van der Waals surface area contributed by atoms with Gasteiger partial charge in [-0.3, -0.25) is 4.79 Å². The second kappa shape index (κ2) is 8.32. The molecule has 0 aliphatic carbocycles. The van der Waals surface area contributed by atoms with Gasteiger partial charge in [-0.05, 0) is 49.8 Å². The Morgan fingerprint density at radius 2 is 1.92 bits per heavy atom. The number of nitrogens with one attached hydrogen (secondary N) is 1. The number of carbonyl (C=O) groups is 1. The van der Waals surface area contributed by atoms with Crippen LogP contribution in [0.4, 0.5) is 0 Å². The molecule has 3 rings (SSSR count). The van der Waals surface area contributed by atoms with Gasteiger partial charge >= 0.3 is 0 Å². The van der Waals surface area contributed by atoms with E-state index in [1.807, 2.05) is 4.90 Å². The summed E-state index contributed by atoms with van der Waals surface area (Å²) in [6.45, 7) is 5.64. The van der Waals surface area contributed by atoms with Gasteiger partial charge in [0.25, 0.3) is 5.91 Å². The topological polar surface area (TPSA) is 41.6 Å². The van der Waals surface area contributed by atoms with Crippen molar-refractivity contribution in [3.05, 3.63) is 35.9 Å². The van der Waals surface area contributed by atoms with Crippen LogP contribution in [0.15, 0.2) is 30.3 Å². The van der Waals surface area contributed by atoms with Crippen LogP contribution >= 0.6 is 12.4 Å². The third-order valence-corrected chi connectivity index (χ3v) is 5.61. The zero-order valence-corrected chi connectivity index (χ0v) is 15.5. The number of methoxy groups -OCH3 is 1. The van der Waals surface area contributed by atoms with E-state index in [4.69, 9.17) is 4.74 Å². The first-order valence-electron chi connectivity index (χ1n) is 8.76. The van der Waals surface area contributed by atoms with Crippen molar-refractivity contribution in [2.75, 3.05) is 33.3 Å². The van der Waals surface area contributed by atoms with E-state index in [-0.39, 0.29) is 18.3 Å². The summed E-state index contributed by atoms with van der Waals surface area (Å²) in [6.07, 6.45) is 2.58. The lowest BCUT2D eigenvalue weighted by Gasteiger charge is -2.43. The maximum atomic E-state index is 13.1.